The quantitative estimate of drug-likeness (QED) is 0.516. The standard InChI is InChI=1S/C12H9N5O2/c1-8-3-2-4-10-11(8)12(14-7-13-10)16-6-9(5-15-16)17(18)19/h2-7H,1H3. The van der Waals surface area contributed by atoms with E-state index >= 15 is 0 Å². The lowest BCUT2D eigenvalue weighted by Crippen LogP contribution is -2.01. The Bertz CT molecular complexity index is 775. The summed E-state index contributed by atoms with van der Waals surface area (Å²) in [5, 5.41) is 15.5. The Labute approximate surface area is 107 Å². The SMILES string of the molecule is Cc1cccc2ncnc(-n3cc([N+](=O)[O-])cn3)c12. The molecule has 0 aliphatic rings. The van der Waals surface area contributed by atoms with E-state index in [0.29, 0.717) is 5.82 Å². The van der Waals surface area contributed by atoms with Gasteiger partial charge in [-0.1, -0.05) is 12.1 Å². The minimum Gasteiger partial charge on any atom is -0.258 e. The largest absolute Gasteiger partial charge is 0.307 e. The molecule has 2 aromatic heterocycles. The van der Waals surface area contributed by atoms with Gasteiger partial charge in [-0.2, -0.15) is 5.10 Å². The van der Waals surface area contributed by atoms with E-state index in [2.05, 4.69) is 15.1 Å². The lowest BCUT2D eigenvalue weighted by Gasteiger charge is -2.06. The van der Waals surface area contributed by atoms with Crippen LogP contribution in [-0.2, 0) is 0 Å². The highest BCUT2D eigenvalue weighted by Crippen LogP contribution is 2.22. The van der Waals surface area contributed by atoms with Crippen LogP contribution in [0.2, 0.25) is 0 Å². The maximum atomic E-state index is 10.7. The zero-order chi connectivity index (χ0) is 13.4. The van der Waals surface area contributed by atoms with E-state index in [-0.39, 0.29) is 5.69 Å². The summed E-state index contributed by atoms with van der Waals surface area (Å²) in [5.74, 6) is 0.538. The summed E-state index contributed by atoms with van der Waals surface area (Å²) >= 11 is 0. The second-order valence-electron chi connectivity index (χ2n) is 4.07. The van der Waals surface area contributed by atoms with Gasteiger partial charge in [-0.3, -0.25) is 10.1 Å². The molecule has 0 aliphatic carbocycles. The van der Waals surface area contributed by atoms with Gasteiger partial charge in [-0.05, 0) is 18.6 Å². The second-order valence-corrected chi connectivity index (χ2v) is 4.07. The van der Waals surface area contributed by atoms with Gasteiger partial charge >= 0.3 is 5.69 Å². The van der Waals surface area contributed by atoms with Gasteiger partial charge in [-0.25, -0.2) is 14.6 Å². The van der Waals surface area contributed by atoms with Crippen LogP contribution in [0.4, 0.5) is 5.69 Å². The maximum absolute atomic E-state index is 10.7. The minimum absolute atomic E-state index is 0.0691. The van der Waals surface area contributed by atoms with Gasteiger partial charge in [0.05, 0.1) is 10.4 Å². The van der Waals surface area contributed by atoms with E-state index in [1.54, 1.807) is 0 Å². The minimum atomic E-state index is -0.486. The zero-order valence-corrected chi connectivity index (χ0v) is 10.0. The van der Waals surface area contributed by atoms with Crippen LogP contribution in [0.15, 0.2) is 36.9 Å². The third kappa shape index (κ3) is 1.81. The third-order valence-electron chi connectivity index (χ3n) is 2.85. The fourth-order valence-corrected chi connectivity index (χ4v) is 1.96. The highest BCUT2D eigenvalue weighted by Gasteiger charge is 2.13. The number of nitro groups is 1. The van der Waals surface area contributed by atoms with E-state index < -0.39 is 4.92 Å². The molecule has 0 atom stereocenters. The van der Waals surface area contributed by atoms with E-state index in [4.69, 9.17) is 0 Å². The Morgan fingerprint density at radius 3 is 2.89 bits per heavy atom. The highest BCUT2D eigenvalue weighted by atomic mass is 16.6. The Morgan fingerprint density at radius 1 is 1.32 bits per heavy atom. The molecule has 0 bridgehead atoms. The van der Waals surface area contributed by atoms with Gasteiger partial charge in [-0.15, -0.1) is 0 Å². The van der Waals surface area contributed by atoms with E-state index in [9.17, 15) is 10.1 Å². The van der Waals surface area contributed by atoms with Crippen molar-refractivity contribution in [1.29, 1.82) is 0 Å². The Morgan fingerprint density at radius 2 is 2.16 bits per heavy atom. The van der Waals surface area contributed by atoms with Crippen molar-refractivity contribution >= 4 is 16.6 Å². The molecule has 3 aromatic rings. The first-order valence-electron chi connectivity index (χ1n) is 5.56. The monoisotopic (exact) mass is 255 g/mol. The van der Waals surface area contributed by atoms with Crippen molar-refractivity contribution in [2.45, 2.75) is 6.92 Å². The first-order chi connectivity index (χ1) is 9.16. The van der Waals surface area contributed by atoms with Crippen LogP contribution >= 0.6 is 0 Å². The molecule has 0 spiro atoms. The lowest BCUT2D eigenvalue weighted by molar-refractivity contribution is -0.384. The summed E-state index contributed by atoms with van der Waals surface area (Å²) in [6, 6.07) is 5.71. The molecule has 19 heavy (non-hydrogen) atoms. The summed E-state index contributed by atoms with van der Waals surface area (Å²) < 4.78 is 1.40. The smallest absolute Gasteiger partial charge is 0.258 e. The number of hydrogen-bond donors (Lipinski definition) is 0. The van der Waals surface area contributed by atoms with Crippen LogP contribution in [0.5, 0.6) is 0 Å². The first kappa shape index (κ1) is 11.3. The van der Waals surface area contributed by atoms with E-state index in [0.717, 1.165) is 16.5 Å². The molecule has 3 rings (SSSR count). The van der Waals surface area contributed by atoms with Crippen molar-refractivity contribution in [3.63, 3.8) is 0 Å². The summed E-state index contributed by atoms with van der Waals surface area (Å²) in [4.78, 5) is 18.6. The first-order valence-corrected chi connectivity index (χ1v) is 5.56. The summed E-state index contributed by atoms with van der Waals surface area (Å²) in [5.41, 5.74) is 1.70. The Balaban J connectivity index is 2.27. The Kier molecular flexibility index (Phi) is 2.45. The number of hydrogen-bond acceptors (Lipinski definition) is 5. The molecule has 0 saturated heterocycles. The van der Waals surface area contributed by atoms with Gasteiger partial charge in [0.1, 0.15) is 18.7 Å². The fourth-order valence-electron chi connectivity index (χ4n) is 1.96. The molecule has 0 fully saturated rings. The van der Waals surface area contributed by atoms with Gasteiger partial charge < -0.3 is 0 Å². The maximum Gasteiger partial charge on any atom is 0.307 e. The van der Waals surface area contributed by atoms with Crippen LogP contribution in [-0.4, -0.2) is 24.7 Å². The van der Waals surface area contributed by atoms with Crippen LogP contribution < -0.4 is 0 Å². The summed E-state index contributed by atoms with van der Waals surface area (Å²) in [6.07, 6.45) is 3.96. The zero-order valence-electron chi connectivity index (χ0n) is 10.0. The average molecular weight is 255 g/mol. The van der Waals surface area contributed by atoms with Gasteiger partial charge in [0, 0.05) is 5.39 Å². The van der Waals surface area contributed by atoms with Gasteiger partial charge in [0.15, 0.2) is 5.82 Å². The average Bonchev–Trinajstić information content (AvgIpc) is 2.88. The van der Waals surface area contributed by atoms with Crippen LogP contribution in [0.3, 0.4) is 0 Å². The predicted molar refractivity (Wildman–Crippen MR) is 68.1 cm³/mol. The predicted octanol–water partition coefficient (Wildman–Crippen LogP) is 2.03. The van der Waals surface area contributed by atoms with Crippen molar-refractivity contribution in [3.05, 3.63) is 52.6 Å². The van der Waals surface area contributed by atoms with Crippen molar-refractivity contribution in [2.24, 2.45) is 0 Å². The van der Waals surface area contributed by atoms with E-state index in [1.807, 2.05) is 25.1 Å². The topological polar surface area (TPSA) is 86.7 Å². The van der Waals surface area contributed by atoms with Crippen molar-refractivity contribution < 1.29 is 4.92 Å². The summed E-state index contributed by atoms with van der Waals surface area (Å²) in [6.45, 7) is 1.94. The summed E-state index contributed by atoms with van der Waals surface area (Å²) in [7, 11) is 0. The lowest BCUT2D eigenvalue weighted by atomic mass is 10.1. The molecule has 7 nitrogen and oxygen atoms in total. The third-order valence-corrected chi connectivity index (χ3v) is 2.85. The number of nitrogens with zero attached hydrogens (tertiary/aromatic N) is 5. The molecule has 0 unspecified atom stereocenters. The van der Waals surface area contributed by atoms with Crippen molar-refractivity contribution in [2.75, 3.05) is 0 Å². The number of aromatic nitrogens is 4. The molecule has 0 saturated carbocycles. The van der Waals surface area contributed by atoms with Gasteiger partial charge in [0.2, 0.25) is 0 Å². The molecule has 1 aromatic carbocycles. The van der Waals surface area contributed by atoms with Crippen LogP contribution in [0.1, 0.15) is 5.56 Å². The molecule has 0 aliphatic heterocycles. The second kappa shape index (κ2) is 4.13. The van der Waals surface area contributed by atoms with Crippen molar-refractivity contribution in [3.8, 4) is 5.82 Å². The van der Waals surface area contributed by atoms with Gasteiger partial charge in [0.25, 0.3) is 0 Å². The van der Waals surface area contributed by atoms with Crippen LogP contribution in [0.25, 0.3) is 16.7 Å². The Hall–Kier alpha value is -2.83. The number of aryl methyl sites for hydroxylation is 1. The molecule has 2 heterocycles. The molecular weight excluding hydrogens is 246 g/mol. The number of fused-ring (bicyclic) bond motifs is 1. The van der Waals surface area contributed by atoms with Crippen molar-refractivity contribution in [1.82, 2.24) is 19.7 Å². The fraction of sp³-hybridized carbons (Fsp3) is 0.0833. The number of benzene rings is 1. The normalized spacial score (nSPS) is 10.8. The highest BCUT2D eigenvalue weighted by molar-refractivity contribution is 5.88. The molecule has 0 radical (unpaired) electrons. The molecule has 0 amide bonds. The van der Waals surface area contributed by atoms with Crippen LogP contribution in [0, 0.1) is 17.0 Å². The molecule has 0 N–H and O–H groups in total. The molecule has 7 heteroatoms. The molecule has 94 valence electrons. The van der Waals surface area contributed by atoms with E-state index in [1.165, 1.54) is 23.4 Å². The number of rotatable bonds is 2. The molecular formula is C12H9N5O2.